The molecule has 0 amide bonds. The van der Waals surface area contributed by atoms with Gasteiger partial charge in [-0.3, -0.25) is 4.68 Å². The van der Waals surface area contributed by atoms with Gasteiger partial charge in [-0.05, 0) is 59.3 Å². The minimum atomic E-state index is 0.0224. The second-order valence-electron chi connectivity index (χ2n) is 8.37. The number of hydrogen-bond donors (Lipinski definition) is 2. The molecule has 0 aliphatic heterocycles. The molecule has 1 heterocycles. The highest BCUT2D eigenvalue weighted by molar-refractivity contribution is 5.25. The molecule has 1 aromatic rings. The van der Waals surface area contributed by atoms with Gasteiger partial charge >= 0.3 is 0 Å². The lowest BCUT2D eigenvalue weighted by atomic mass is 9.72. The van der Waals surface area contributed by atoms with Crippen LogP contribution in [0, 0.1) is 19.3 Å². The Morgan fingerprint density at radius 1 is 1.17 bits per heavy atom. The third-order valence-electron chi connectivity index (χ3n) is 5.43. The molecule has 0 atom stereocenters. The Labute approximate surface area is 141 Å². The quantitative estimate of drug-likeness (QED) is 0.840. The second-order valence-corrected chi connectivity index (χ2v) is 8.37. The van der Waals surface area contributed by atoms with Gasteiger partial charge in [0.25, 0.3) is 0 Å². The van der Waals surface area contributed by atoms with Crippen molar-refractivity contribution in [2.45, 2.75) is 85.2 Å². The lowest BCUT2D eigenvalue weighted by Crippen LogP contribution is -2.37. The van der Waals surface area contributed by atoms with E-state index in [0.29, 0.717) is 12.0 Å². The van der Waals surface area contributed by atoms with Gasteiger partial charge in [-0.1, -0.05) is 19.3 Å². The Morgan fingerprint density at radius 3 is 2.35 bits per heavy atom. The van der Waals surface area contributed by atoms with E-state index in [-0.39, 0.29) is 5.54 Å². The predicted octanol–water partition coefficient (Wildman–Crippen LogP) is 3.68. The van der Waals surface area contributed by atoms with Gasteiger partial charge in [-0.2, -0.15) is 5.10 Å². The van der Waals surface area contributed by atoms with E-state index in [1.165, 1.54) is 43.4 Å². The number of hydrogen-bond acceptors (Lipinski definition) is 3. The number of aliphatic hydroxyl groups is 1. The molecular formula is C19H35N3O. The van der Waals surface area contributed by atoms with Gasteiger partial charge in [-0.25, -0.2) is 0 Å². The van der Waals surface area contributed by atoms with Crippen molar-refractivity contribution in [1.82, 2.24) is 15.1 Å². The van der Waals surface area contributed by atoms with Crippen molar-refractivity contribution in [2.24, 2.45) is 5.41 Å². The molecule has 0 radical (unpaired) electrons. The maximum absolute atomic E-state index is 9.44. The zero-order chi connectivity index (χ0) is 17.1. The summed E-state index contributed by atoms with van der Waals surface area (Å²) in [4.78, 5) is 0. The predicted molar refractivity (Wildman–Crippen MR) is 95.6 cm³/mol. The van der Waals surface area contributed by atoms with E-state index in [1.807, 2.05) is 0 Å². The van der Waals surface area contributed by atoms with Gasteiger partial charge in [0.2, 0.25) is 0 Å². The van der Waals surface area contributed by atoms with E-state index in [4.69, 9.17) is 5.10 Å². The third kappa shape index (κ3) is 4.36. The molecule has 2 N–H and O–H groups in total. The average molecular weight is 322 g/mol. The highest BCUT2D eigenvalue weighted by Gasteiger charge is 2.31. The van der Waals surface area contributed by atoms with Crippen LogP contribution in [0.2, 0.25) is 0 Å². The Balaban J connectivity index is 2.02. The van der Waals surface area contributed by atoms with Crippen LogP contribution in [0.15, 0.2) is 0 Å². The molecule has 132 valence electrons. The summed E-state index contributed by atoms with van der Waals surface area (Å²) in [6.45, 7) is 13.1. The Hall–Kier alpha value is -0.870. The summed E-state index contributed by atoms with van der Waals surface area (Å²) in [6, 6.07) is 0. The number of nitrogens with one attached hydrogen (secondary N) is 1. The van der Waals surface area contributed by atoms with E-state index in [1.54, 1.807) is 0 Å². The fourth-order valence-electron chi connectivity index (χ4n) is 4.09. The van der Waals surface area contributed by atoms with Crippen LogP contribution in [0.25, 0.3) is 0 Å². The smallest absolute Gasteiger partial charge is 0.0641 e. The normalized spacial score (nSPS) is 18.3. The summed E-state index contributed by atoms with van der Waals surface area (Å²) in [5, 5.41) is 17.9. The Bertz CT molecular complexity index is 502. The molecule has 4 heteroatoms. The fraction of sp³-hybridized carbons (Fsp3) is 0.842. The summed E-state index contributed by atoms with van der Waals surface area (Å²) in [7, 11) is 0. The van der Waals surface area contributed by atoms with E-state index in [0.717, 1.165) is 25.2 Å². The zero-order valence-electron chi connectivity index (χ0n) is 15.7. The SMILES string of the molecule is Cc1nn(C(C)(C)C)c(C)c1CNCC1(CCO)CCCCC1. The van der Waals surface area contributed by atoms with Crippen molar-refractivity contribution in [1.29, 1.82) is 0 Å². The van der Waals surface area contributed by atoms with E-state index < -0.39 is 0 Å². The van der Waals surface area contributed by atoms with E-state index in [2.05, 4.69) is 44.6 Å². The molecule has 4 nitrogen and oxygen atoms in total. The number of aliphatic hydroxyl groups excluding tert-OH is 1. The second kappa shape index (κ2) is 7.35. The molecule has 23 heavy (non-hydrogen) atoms. The van der Waals surface area contributed by atoms with E-state index in [9.17, 15) is 5.11 Å². The van der Waals surface area contributed by atoms with Crippen LogP contribution < -0.4 is 5.32 Å². The largest absolute Gasteiger partial charge is 0.396 e. The fourth-order valence-corrected chi connectivity index (χ4v) is 4.09. The van der Waals surface area contributed by atoms with Crippen molar-refractivity contribution in [3.05, 3.63) is 17.0 Å². The summed E-state index contributed by atoms with van der Waals surface area (Å²) >= 11 is 0. The lowest BCUT2D eigenvalue weighted by Gasteiger charge is -2.37. The van der Waals surface area contributed by atoms with Crippen molar-refractivity contribution in [3.8, 4) is 0 Å². The molecule has 0 spiro atoms. The number of aromatic nitrogens is 2. The van der Waals surface area contributed by atoms with Crippen molar-refractivity contribution in [3.63, 3.8) is 0 Å². The first kappa shape index (κ1) is 18.5. The van der Waals surface area contributed by atoms with Gasteiger partial charge in [-0.15, -0.1) is 0 Å². The van der Waals surface area contributed by atoms with Crippen LogP contribution in [0.1, 0.15) is 76.2 Å². The maximum atomic E-state index is 9.44. The molecule has 2 rings (SSSR count). The molecule has 0 unspecified atom stereocenters. The van der Waals surface area contributed by atoms with Gasteiger partial charge in [0, 0.05) is 31.0 Å². The maximum Gasteiger partial charge on any atom is 0.0641 e. The number of rotatable bonds is 6. The van der Waals surface area contributed by atoms with Crippen LogP contribution in [0.3, 0.4) is 0 Å². The summed E-state index contributed by atoms with van der Waals surface area (Å²) in [6.07, 6.45) is 7.39. The van der Waals surface area contributed by atoms with Crippen LogP contribution in [-0.4, -0.2) is 28.0 Å². The zero-order valence-corrected chi connectivity index (χ0v) is 15.7. The van der Waals surface area contributed by atoms with Gasteiger partial charge in [0.05, 0.1) is 11.2 Å². The van der Waals surface area contributed by atoms with Crippen LogP contribution in [0.4, 0.5) is 0 Å². The Morgan fingerprint density at radius 2 is 1.83 bits per heavy atom. The first-order valence-corrected chi connectivity index (χ1v) is 9.16. The summed E-state index contributed by atoms with van der Waals surface area (Å²) < 4.78 is 2.14. The monoisotopic (exact) mass is 321 g/mol. The minimum Gasteiger partial charge on any atom is -0.396 e. The van der Waals surface area contributed by atoms with Crippen molar-refractivity contribution >= 4 is 0 Å². The number of aryl methyl sites for hydroxylation is 1. The summed E-state index contributed by atoms with van der Waals surface area (Å²) in [5.74, 6) is 0. The molecule has 1 aliphatic rings. The highest BCUT2D eigenvalue weighted by atomic mass is 16.3. The molecule has 1 aromatic heterocycles. The molecule has 1 saturated carbocycles. The molecule has 0 saturated heterocycles. The highest BCUT2D eigenvalue weighted by Crippen LogP contribution is 2.38. The van der Waals surface area contributed by atoms with Crippen molar-refractivity contribution < 1.29 is 5.11 Å². The molecule has 1 aliphatic carbocycles. The first-order valence-electron chi connectivity index (χ1n) is 9.16. The van der Waals surface area contributed by atoms with Crippen LogP contribution in [0.5, 0.6) is 0 Å². The lowest BCUT2D eigenvalue weighted by molar-refractivity contribution is 0.126. The van der Waals surface area contributed by atoms with Gasteiger partial charge in [0.1, 0.15) is 0 Å². The molecular weight excluding hydrogens is 286 g/mol. The van der Waals surface area contributed by atoms with Crippen molar-refractivity contribution in [2.75, 3.05) is 13.2 Å². The average Bonchev–Trinajstić information content (AvgIpc) is 2.76. The van der Waals surface area contributed by atoms with Gasteiger partial charge in [0.15, 0.2) is 0 Å². The van der Waals surface area contributed by atoms with Crippen LogP contribution >= 0.6 is 0 Å². The van der Waals surface area contributed by atoms with Gasteiger partial charge < -0.3 is 10.4 Å². The van der Waals surface area contributed by atoms with Crippen LogP contribution in [-0.2, 0) is 12.1 Å². The third-order valence-corrected chi connectivity index (χ3v) is 5.43. The molecule has 0 aromatic carbocycles. The minimum absolute atomic E-state index is 0.0224. The summed E-state index contributed by atoms with van der Waals surface area (Å²) in [5.41, 5.74) is 4.05. The standard InChI is InChI=1S/C19H35N3O/c1-15-17(16(2)22(21-15)18(3,4)5)13-20-14-19(11-12-23)9-7-6-8-10-19/h20,23H,6-14H2,1-5H3. The Kier molecular flexibility index (Phi) is 5.90. The molecule has 1 fully saturated rings. The first-order chi connectivity index (χ1) is 10.8. The number of nitrogens with zero attached hydrogens (tertiary/aromatic N) is 2. The molecule has 0 bridgehead atoms. The van der Waals surface area contributed by atoms with E-state index >= 15 is 0 Å². The topological polar surface area (TPSA) is 50.1 Å².